The number of thiophene rings is 1. The van der Waals surface area contributed by atoms with E-state index in [0.29, 0.717) is 17.5 Å². The summed E-state index contributed by atoms with van der Waals surface area (Å²) >= 11 is 1.83. The molecule has 12 aromatic rings. The SMILES string of the molecule is c1ccc(-c2nc(-c3ccccc3)nc(-c3ccc(-c4cc5c(sc6ccc7ccccc7c65)c5nc6c7cc8ccccc8cc7ccc6n45)cc3)n2)cc1. The molecule has 6 heteroatoms. The number of fused-ring (bicyclic) bond motifs is 12. The zero-order valence-electron chi connectivity index (χ0n) is 29.9. The van der Waals surface area contributed by atoms with Crippen molar-refractivity contribution in [2.24, 2.45) is 0 Å². The summed E-state index contributed by atoms with van der Waals surface area (Å²) in [6, 6.07) is 62.0. The lowest BCUT2D eigenvalue weighted by Crippen LogP contribution is -2.00. The van der Waals surface area contributed by atoms with Crippen molar-refractivity contribution in [1.29, 1.82) is 0 Å². The summed E-state index contributed by atoms with van der Waals surface area (Å²) in [4.78, 5) is 20.4. The fourth-order valence-corrected chi connectivity index (χ4v) is 9.47. The second-order valence-corrected chi connectivity index (χ2v) is 15.3. The summed E-state index contributed by atoms with van der Waals surface area (Å²) < 4.78 is 4.81. The van der Waals surface area contributed by atoms with E-state index in [1.54, 1.807) is 0 Å². The fourth-order valence-electron chi connectivity index (χ4n) is 8.29. The molecule has 56 heavy (non-hydrogen) atoms. The molecule has 4 heterocycles. The van der Waals surface area contributed by atoms with Crippen LogP contribution in [0.15, 0.2) is 176 Å². The van der Waals surface area contributed by atoms with Crippen LogP contribution in [-0.4, -0.2) is 24.3 Å². The van der Waals surface area contributed by atoms with E-state index in [4.69, 9.17) is 19.9 Å². The number of aromatic nitrogens is 5. The largest absolute Gasteiger partial charge is 0.291 e. The van der Waals surface area contributed by atoms with Crippen LogP contribution in [0.25, 0.3) is 115 Å². The predicted molar refractivity (Wildman–Crippen MR) is 233 cm³/mol. The monoisotopic (exact) mass is 731 g/mol. The highest BCUT2D eigenvalue weighted by atomic mass is 32.1. The molecular weight excluding hydrogens is 703 g/mol. The Morgan fingerprint density at radius 2 is 0.964 bits per heavy atom. The number of nitrogens with zero attached hydrogens (tertiary/aromatic N) is 5. The van der Waals surface area contributed by atoms with E-state index in [1.165, 1.54) is 47.1 Å². The molecule has 0 N–H and O–H groups in total. The second kappa shape index (κ2) is 12.1. The lowest BCUT2D eigenvalue weighted by molar-refractivity contribution is 1.07. The zero-order valence-corrected chi connectivity index (χ0v) is 30.7. The van der Waals surface area contributed by atoms with Crippen LogP contribution in [0, 0.1) is 0 Å². The third kappa shape index (κ3) is 4.79. The van der Waals surface area contributed by atoms with Crippen molar-refractivity contribution in [1.82, 2.24) is 24.3 Å². The molecule has 5 nitrogen and oxygen atoms in total. The van der Waals surface area contributed by atoms with Crippen molar-refractivity contribution in [3.8, 4) is 45.4 Å². The smallest absolute Gasteiger partial charge is 0.164 e. The maximum absolute atomic E-state index is 5.53. The van der Waals surface area contributed by atoms with Crippen LogP contribution < -0.4 is 0 Å². The molecule has 0 spiro atoms. The van der Waals surface area contributed by atoms with Gasteiger partial charge < -0.3 is 0 Å². The van der Waals surface area contributed by atoms with Crippen molar-refractivity contribution in [2.45, 2.75) is 0 Å². The van der Waals surface area contributed by atoms with Crippen molar-refractivity contribution >= 4 is 80.5 Å². The average molecular weight is 732 g/mol. The van der Waals surface area contributed by atoms with E-state index in [1.807, 2.05) is 72.0 Å². The van der Waals surface area contributed by atoms with Gasteiger partial charge in [0.1, 0.15) is 0 Å². The number of hydrogen-bond donors (Lipinski definition) is 0. The standard InChI is InChI=1S/C50H29N5S/c1-3-12-32(13-4-1)47-52-48(33-14-5-2-6-15-33)54-49(53-47)34-21-19-31(20-22-34)42-29-40-44-38-18-10-9-11-30(38)24-26-43(44)56-46(40)50-51-45-39-28-36-17-8-7-16-35(36)27-37(39)23-25-41(45)55(42)50/h1-29H. The highest BCUT2D eigenvalue weighted by Crippen LogP contribution is 2.44. The predicted octanol–water partition coefficient (Wildman–Crippen LogP) is 13.2. The maximum atomic E-state index is 5.53. The molecule has 0 aliphatic rings. The summed E-state index contributed by atoms with van der Waals surface area (Å²) in [5, 5.41) is 9.77. The van der Waals surface area contributed by atoms with Gasteiger partial charge in [0, 0.05) is 37.5 Å². The molecule has 0 aliphatic heterocycles. The third-order valence-electron chi connectivity index (χ3n) is 11.0. The maximum Gasteiger partial charge on any atom is 0.164 e. The first-order valence-electron chi connectivity index (χ1n) is 18.7. The van der Waals surface area contributed by atoms with Crippen molar-refractivity contribution < 1.29 is 0 Å². The molecule has 0 unspecified atom stereocenters. The Hall–Kier alpha value is -7.28. The van der Waals surface area contributed by atoms with Gasteiger partial charge in [0.05, 0.1) is 21.4 Å². The molecule has 0 amide bonds. The first-order valence-corrected chi connectivity index (χ1v) is 19.5. The molecule has 0 fully saturated rings. The average Bonchev–Trinajstić information content (AvgIpc) is 3.86. The van der Waals surface area contributed by atoms with Crippen LogP contribution in [-0.2, 0) is 0 Å². The van der Waals surface area contributed by atoms with E-state index in [2.05, 4.69) is 120 Å². The minimum Gasteiger partial charge on any atom is -0.291 e. The van der Waals surface area contributed by atoms with Gasteiger partial charge in [0.15, 0.2) is 23.1 Å². The molecule has 0 saturated heterocycles. The number of pyridine rings is 1. The van der Waals surface area contributed by atoms with Crippen LogP contribution in [0.2, 0.25) is 0 Å². The lowest BCUT2D eigenvalue weighted by Gasteiger charge is -2.11. The Balaban J connectivity index is 1.11. The Kier molecular flexibility index (Phi) is 6.73. The van der Waals surface area contributed by atoms with E-state index in [0.717, 1.165) is 50.0 Å². The summed E-state index contributed by atoms with van der Waals surface area (Å²) in [6.45, 7) is 0. The highest BCUT2D eigenvalue weighted by molar-refractivity contribution is 7.26. The van der Waals surface area contributed by atoms with Gasteiger partial charge in [-0.1, -0.05) is 146 Å². The van der Waals surface area contributed by atoms with Crippen LogP contribution in [0.4, 0.5) is 0 Å². The van der Waals surface area contributed by atoms with E-state index >= 15 is 0 Å². The van der Waals surface area contributed by atoms with Crippen molar-refractivity contribution in [3.63, 3.8) is 0 Å². The molecular formula is C50H29N5S. The van der Waals surface area contributed by atoms with Gasteiger partial charge in [-0.05, 0) is 62.8 Å². The number of benzene rings is 8. The molecule has 0 bridgehead atoms. The topological polar surface area (TPSA) is 56.0 Å². The van der Waals surface area contributed by atoms with E-state index < -0.39 is 0 Å². The van der Waals surface area contributed by atoms with Crippen LogP contribution >= 0.6 is 11.3 Å². The molecule has 0 aliphatic carbocycles. The molecule has 8 aromatic carbocycles. The van der Waals surface area contributed by atoms with Crippen LogP contribution in [0.5, 0.6) is 0 Å². The highest BCUT2D eigenvalue weighted by Gasteiger charge is 2.21. The van der Waals surface area contributed by atoms with Gasteiger partial charge >= 0.3 is 0 Å². The zero-order chi connectivity index (χ0) is 36.7. The lowest BCUT2D eigenvalue weighted by atomic mass is 10.0. The summed E-state index contributed by atoms with van der Waals surface area (Å²) in [6.07, 6.45) is 0. The summed E-state index contributed by atoms with van der Waals surface area (Å²) in [5.74, 6) is 1.92. The van der Waals surface area contributed by atoms with Crippen LogP contribution in [0.3, 0.4) is 0 Å². The van der Waals surface area contributed by atoms with Gasteiger partial charge in [-0.2, -0.15) is 0 Å². The molecule has 260 valence electrons. The van der Waals surface area contributed by atoms with Gasteiger partial charge in [-0.25, -0.2) is 19.9 Å². The van der Waals surface area contributed by atoms with Crippen LogP contribution in [0.1, 0.15) is 0 Å². The first kappa shape index (κ1) is 31.1. The number of rotatable bonds is 4. The molecule has 0 radical (unpaired) electrons. The first-order chi connectivity index (χ1) is 27.7. The fraction of sp³-hybridized carbons (Fsp3) is 0. The summed E-state index contributed by atoms with van der Waals surface area (Å²) in [7, 11) is 0. The Morgan fingerprint density at radius 3 is 1.66 bits per heavy atom. The van der Waals surface area contributed by atoms with Crippen molar-refractivity contribution in [3.05, 3.63) is 176 Å². The Labute approximate surface area is 324 Å². The van der Waals surface area contributed by atoms with Crippen molar-refractivity contribution in [2.75, 3.05) is 0 Å². The molecule has 0 saturated carbocycles. The summed E-state index contributed by atoms with van der Waals surface area (Å²) in [5.41, 5.74) is 8.05. The quantitative estimate of drug-likeness (QED) is 0.169. The molecule has 12 rings (SSSR count). The normalized spacial score (nSPS) is 11.9. The Bertz CT molecular complexity index is 3460. The third-order valence-corrected chi connectivity index (χ3v) is 12.2. The van der Waals surface area contributed by atoms with Gasteiger partial charge in [-0.3, -0.25) is 4.40 Å². The van der Waals surface area contributed by atoms with Gasteiger partial charge in [-0.15, -0.1) is 11.3 Å². The molecule has 4 aromatic heterocycles. The van der Waals surface area contributed by atoms with E-state index in [9.17, 15) is 0 Å². The minimum atomic E-state index is 0.631. The second-order valence-electron chi connectivity index (χ2n) is 14.3. The number of imidazole rings is 1. The van der Waals surface area contributed by atoms with Gasteiger partial charge in [0.25, 0.3) is 0 Å². The minimum absolute atomic E-state index is 0.631. The molecule has 0 atom stereocenters. The van der Waals surface area contributed by atoms with E-state index in [-0.39, 0.29) is 0 Å². The Morgan fingerprint density at radius 1 is 0.393 bits per heavy atom. The number of hydrogen-bond acceptors (Lipinski definition) is 5. The van der Waals surface area contributed by atoms with Gasteiger partial charge in [0.2, 0.25) is 0 Å².